The highest BCUT2D eigenvalue weighted by molar-refractivity contribution is 5.62. The van der Waals surface area contributed by atoms with Gasteiger partial charge in [-0.3, -0.25) is 0 Å². The Kier molecular flexibility index (Phi) is 3.03. The number of nitrogens with zero attached hydrogens (tertiary/aromatic N) is 3. The Morgan fingerprint density at radius 3 is 1.57 bits per heavy atom. The molecular formula is C18H17N3. The second-order valence-electron chi connectivity index (χ2n) is 5.53. The zero-order chi connectivity index (χ0) is 14.1. The van der Waals surface area contributed by atoms with E-state index < -0.39 is 0 Å². The summed E-state index contributed by atoms with van der Waals surface area (Å²) in [7, 11) is 0. The minimum absolute atomic E-state index is 0.533. The number of hydrogen-bond donors (Lipinski definition) is 0. The molecule has 0 unspecified atom stereocenters. The van der Waals surface area contributed by atoms with Crippen LogP contribution in [-0.2, 0) is 0 Å². The van der Waals surface area contributed by atoms with Gasteiger partial charge in [0.15, 0.2) is 11.6 Å². The van der Waals surface area contributed by atoms with Crippen molar-refractivity contribution in [3.05, 3.63) is 60.7 Å². The summed E-state index contributed by atoms with van der Waals surface area (Å²) in [6.07, 6.45) is 3.74. The molecule has 21 heavy (non-hydrogen) atoms. The van der Waals surface area contributed by atoms with Gasteiger partial charge >= 0.3 is 0 Å². The average molecular weight is 275 g/mol. The lowest BCUT2D eigenvalue weighted by atomic mass is 9.92. The summed E-state index contributed by atoms with van der Waals surface area (Å²) in [5, 5.41) is 8.96. The quantitative estimate of drug-likeness (QED) is 0.712. The van der Waals surface area contributed by atoms with Crippen LogP contribution in [0.2, 0.25) is 0 Å². The molecule has 4 rings (SSSR count). The van der Waals surface area contributed by atoms with Gasteiger partial charge in [-0.1, -0.05) is 60.7 Å². The van der Waals surface area contributed by atoms with E-state index in [1.807, 2.05) is 12.1 Å². The van der Waals surface area contributed by atoms with Crippen molar-refractivity contribution < 1.29 is 0 Å². The second kappa shape index (κ2) is 5.17. The van der Waals surface area contributed by atoms with Crippen LogP contribution in [0.15, 0.2) is 60.7 Å². The van der Waals surface area contributed by atoms with E-state index in [4.69, 9.17) is 0 Å². The van der Waals surface area contributed by atoms with E-state index in [2.05, 4.69) is 63.3 Å². The van der Waals surface area contributed by atoms with E-state index in [1.54, 1.807) is 0 Å². The largest absolute Gasteiger partial charge is 0.304 e. The van der Waals surface area contributed by atoms with E-state index in [0.29, 0.717) is 6.04 Å². The molecule has 0 spiro atoms. The van der Waals surface area contributed by atoms with Crippen molar-refractivity contribution in [2.75, 3.05) is 0 Å². The molecule has 0 bridgehead atoms. The third-order valence-electron chi connectivity index (χ3n) is 4.20. The lowest BCUT2D eigenvalue weighted by molar-refractivity contribution is 0.318. The van der Waals surface area contributed by atoms with Crippen LogP contribution in [0.3, 0.4) is 0 Å². The molecule has 1 aliphatic carbocycles. The fourth-order valence-corrected chi connectivity index (χ4v) is 2.85. The minimum atomic E-state index is 0.533. The molecule has 0 atom stereocenters. The predicted molar refractivity (Wildman–Crippen MR) is 83.8 cm³/mol. The monoisotopic (exact) mass is 275 g/mol. The van der Waals surface area contributed by atoms with Gasteiger partial charge in [0.05, 0.1) is 0 Å². The molecule has 0 saturated heterocycles. The normalized spacial score (nSPS) is 14.9. The highest BCUT2D eigenvalue weighted by Gasteiger charge is 2.26. The molecule has 0 amide bonds. The van der Waals surface area contributed by atoms with Crippen LogP contribution in [0.1, 0.15) is 25.3 Å². The Labute approximate surface area is 124 Å². The third kappa shape index (κ3) is 2.15. The molecular weight excluding hydrogens is 258 g/mol. The van der Waals surface area contributed by atoms with Crippen molar-refractivity contribution >= 4 is 0 Å². The summed E-state index contributed by atoms with van der Waals surface area (Å²) in [6, 6.07) is 21.2. The first kappa shape index (κ1) is 12.3. The Bertz CT molecular complexity index is 671. The zero-order valence-electron chi connectivity index (χ0n) is 11.8. The first-order chi connectivity index (χ1) is 10.4. The molecule has 0 aliphatic heterocycles. The molecule has 3 nitrogen and oxygen atoms in total. The van der Waals surface area contributed by atoms with Crippen molar-refractivity contribution in [1.82, 2.24) is 14.8 Å². The summed E-state index contributed by atoms with van der Waals surface area (Å²) < 4.78 is 2.33. The number of hydrogen-bond acceptors (Lipinski definition) is 2. The molecule has 0 radical (unpaired) electrons. The van der Waals surface area contributed by atoms with E-state index in [9.17, 15) is 0 Å². The summed E-state index contributed by atoms with van der Waals surface area (Å²) in [5.74, 6) is 1.97. The van der Waals surface area contributed by atoms with E-state index in [0.717, 1.165) is 22.8 Å². The van der Waals surface area contributed by atoms with Crippen molar-refractivity contribution in [2.45, 2.75) is 25.3 Å². The number of benzene rings is 2. The van der Waals surface area contributed by atoms with Gasteiger partial charge in [0.1, 0.15) is 0 Å². The molecule has 1 heterocycles. The highest BCUT2D eigenvalue weighted by Crippen LogP contribution is 2.38. The Hall–Kier alpha value is -2.42. The molecule has 1 aromatic heterocycles. The highest BCUT2D eigenvalue weighted by atomic mass is 15.3. The molecule has 0 N–H and O–H groups in total. The Morgan fingerprint density at radius 2 is 1.19 bits per heavy atom. The maximum absolute atomic E-state index is 4.48. The molecule has 104 valence electrons. The summed E-state index contributed by atoms with van der Waals surface area (Å²) in [4.78, 5) is 0. The van der Waals surface area contributed by atoms with Gasteiger partial charge in [0.25, 0.3) is 0 Å². The third-order valence-corrected chi connectivity index (χ3v) is 4.20. The maximum Gasteiger partial charge on any atom is 0.164 e. The van der Waals surface area contributed by atoms with Gasteiger partial charge in [-0.15, -0.1) is 10.2 Å². The second-order valence-corrected chi connectivity index (χ2v) is 5.53. The van der Waals surface area contributed by atoms with E-state index in [-0.39, 0.29) is 0 Å². The van der Waals surface area contributed by atoms with Gasteiger partial charge in [-0.25, -0.2) is 0 Å². The van der Waals surface area contributed by atoms with Crippen molar-refractivity contribution in [1.29, 1.82) is 0 Å². The van der Waals surface area contributed by atoms with Gasteiger partial charge < -0.3 is 4.57 Å². The fourth-order valence-electron chi connectivity index (χ4n) is 2.85. The van der Waals surface area contributed by atoms with Crippen molar-refractivity contribution in [3.8, 4) is 22.8 Å². The van der Waals surface area contributed by atoms with E-state index in [1.165, 1.54) is 19.3 Å². The molecule has 2 aromatic carbocycles. The van der Waals surface area contributed by atoms with Crippen LogP contribution < -0.4 is 0 Å². The van der Waals surface area contributed by atoms with Crippen LogP contribution in [0.25, 0.3) is 22.8 Å². The summed E-state index contributed by atoms with van der Waals surface area (Å²) in [5.41, 5.74) is 2.28. The molecule has 3 heteroatoms. The van der Waals surface area contributed by atoms with Gasteiger partial charge in [-0.2, -0.15) is 0 Å². The smallest absolute Gasteiger partial charge is 0.164 e. The molecule has 1 saturated carbocycles. The first-order valence-corrected chi connectivity index (χ1v) is 7.49. The Balaban J connectivity index is 1.87. The van der Waals surface area contributed by atoms with Crippen LogP contribution in [0.5, 0.6) is 0 Å². The van der Waals surface area contributed by atoms with Gasteiger partial charge in [0, 0.05) is 17.2 Å². The molecule has 3 aromatic rings. The minimum Gasteiger partial charge on any atom is -0.304 e. The maximum atomic E-state index is 4.48. The lowest BCUT2D eigenvalue weighted by Crippen LogP contribution is -2.19. The van der Waals surface area contributed by atoms with Crippen molar-refractivity contribution in [3.63, 3.8) is 0 Å². The first-order valence-electron chi connectivity index (χ1n) is 7.49. The van der Waals surface area contributed by atoms with Gasteiger partial charge in [-0.05, 0) is 19.3 Å². The van der Waals surface area contributed by atoms with Crippen LogP contribution in [-0.4, -0.2) is 14.8 Å². The Morgan fingerprint density at radius 1 is 0.714 bits per heavy atom. The van der Waals surface area contributed by atoms with Crippen LogP contribution in [0, 0.1) is 0 Å². The molecule has 1 aliphatic rings. The SMILES string of the molecule is c1ccc(-c2nnc(-c3ccccc3)n2C2CCC2)cc1. The molecule has 1 fully saturated rings. The number of rotatable bonds is 3. The lowest BCUT2D eigenvalue weighted by Gasteiger charge is -2.29. The van der Waals surface area contributed by atoms with Crippen molar-refractivity contribution in [2.24, 2.45) is 0 Å². The summed E-state index contributed by atoms with van der Waals surface area (Å²) >= 11 is 0. The van der Waals surface area contributed by atoms with Crippen LogP contribution >= 0.6 is 0 Å². The van der Waals surface area contributed by atoms with E-state index >= 15 is 0 Å². The number of aromatic nitrogens is 3. The summed E-state index contributed by atoms with van der Waals surface area (Å²) in [6.45, 7) is 0. The average Bonchev–Trinajstić information content (AvgIpc) is 2.92. The fraction of sp³-hybridized carbons (Fsp3) is 0.222. The standard InChI is InChI=1S/C18H17N3/c1-3-8-14(9-4-1)17-19-20-18(15-10-5-2-6-11-15)21(17)16-12-7-13-16/h1-6,8-11,16H,7,12-13H2. The predicted octanol–water partition coefficient (Wildman–Crippen LogP) is 4.34. The zero-order valence-corrected chi connectivity index (χ0v) is 11.8. The van der Waals surface area contributed by atoms with Crippen LogP contribution in [0.4, 0.5) is 0 Å². The van der Waals surface area contributed by atoms with Gasteiger partial charge in [0.2, 0.25) is 0 Å². The topological polar surface area (TPSA) is 30.7 Å².